The molecule has 0 aliphatic rings. The van der Waals surface area contributed by atoms with Crippen LogP contribution in [0, 0.1) is 6.92 Å². The van der Waals surface area contributed by atoms with Crippen LogP contribution in [0.25, 0.3) is 0 Å². The van der Waals surface area contributed by atoms with Gasteiger partial charge in [0, 0.05) is 31.5 Å². The number of ether oxygens (including phenoxy) is 1. The molecule has 0 bridgehead atoms. The first kappa shape index (κ1) is 15.8. The van der Waals surface area contributed by atoms with Gasteiger partial charge < -0.3 is 15.4 Å². The molecule has 2 rings (SSSR count). The van der Waals surface area contributed by atoms with Crippen molar-refractivity contribution in [2.24, 2.45) is 0 Å². The SMILES string of the molecule is COc1ccnc(C(=O)NCCCNc2ccc(C)cn2)c1. The molecule has 6 heteroatoms. The van der Waals surface area contributed by atoms with E-state index < -0.39 is 0 Å². The lowest BCUT2D eigenvalue weighted by molar-refractivity contribution is 0.0948. The maximum absolute atomic E-state index is 11.9. The van der Waals surface area contributed by atoms with Gasteiger partial charge in [0.2, 0.25) is 0 Å². The predicted molar refractivity (Wildman–Crippen MR) is 85.2 cm³/mol. The van der Waals surface area contributed by atoms with Crippen molar-refractivity contribution in [3.63, 3.8) is 0 Å². The number of carbonyl (C=O) groups is 1. The molecule has 0 saturated carbocycles. The number of amides is 1. The number of pyridine rings is 2. The van der Waals surface area contributed by atoms with Gasteiger partial charge in [-0.15, -0.1) is 0 Å². The fourth-order valence-corrected chi connectivity index (χ4v) is 1.83. The topological polar surface area (TPSA) is 76.1 Å². The van der Waals surface area contributed by atoms with Crippen molar-refractivity contribution in [2.75, 3.05) is 25.5 Å². The van der Waals surface area contributed by atoms with E-state index in [1.54, 1.807) is 25.4 Å². The zero-order valence-electron chi connectivity index (χ0n) is 12.8. The van der Waals surface area contributed by atoms with Gasteiger partial charge in [-0.2, -0.15) is 0 Å². The van der Waals surface area contributed by atoms with E-state index in [0.717, 1.165) is 24.3 Å². The molecule has 0 fully saturated rings. The molecule has 2 heterocycles. The quantitative estimate of drug-likeness (QED) is 0.765. The molecule has 0 radical (unpaired) electrons. The number of carbonyl (C=O) groups excluding carboxylic acids is 1. The van der Waals surface area contributed by atoms with Gasteiger partial charge in [-0.3, -0.25) is 9.78 Å². The summed E-state index contributed by atoms with van der Waals surface area (Å²) in [4.78, 5) is 20.2. The van der Waals surface area contributed by atoms with Crippen LogP contribution in [0.1, 0.15) is 22.5 Å². The minimum atomic E-state index is -0.202. The highest BCUT2D eigenvalue weighted by molar-refractivity contribution is 5.92. The first-order chi connectivity index (χ1) is 10.7. The van der Waals surface area contributed by atoms with Crippen molar-refractivity contribution in [1.29, 1.82) is 0 Å². The van der Waals surface area contributed by atoms with E-state index in [1.807, 2.05) is 25.3 Å². The zero-order valence-corrected chi connectivity index (χ0v) is 12.8. The summed E-state index contributed by atoms with van der Waals surface area (Å²) in [6.07, 6.45) is 4.17. The van der Waals surface area contributed by atoms with Gasteiger partial charge >= 0.3 is 0 Å². The highest BCUT2D eigenvalue weighted by Gasteiger charge is 2.07. The van der Waals surface area contributed by atoms with Crippen molar-refractivity contribution in [3.8, 4) is 5.75 Å². The highest BCUT2D eigenvalue weighted by Crippen LogP contribution is 2.09. The van der Waals surface area contributed by atoms with Crippen molar-refractivity contribution in [3.05, 3.63) is 47.9 Å². The monoisotopic (exact) mass is 300 g/mol. The Kier molecular flexibility index (Phi) is 5.71. The summed E-state index contributed by atoms with van der Waals surface area (Å²) in [6, 6.07) is 7.26. The lowest BCUT2D eigenvalue weighted by atomic mass is 10.3. The number of aromatic nitrogens is 2. The summed E-state index contributed by atoms with van der Waals surface area (Å²) in [7, 11) is 1.56. The van der Waals surface area contributed by atoms with Gasteiger partial charge in [0.1, 0.15) is 17.3 Å². The number of hydrogen-bond acceptors (Lipinski definition) is 5. The number of hydrogen-bond donors (Lipinski definition) is 2. The molecule has 0 unspecified atom stereocenters. The lowest BCUT2D eigenvalue weighted by Crippen LogP contribution is -2.26. The maximum atomic E-state index is 11.9. The number of aryl methyl sites for hydroxylation is 1. The second kappa shape index (κ2) is 7.97. The third-order valence-electron chi connectivity index (χ3n) is 3.06. The molecule has 0 atom stereocenters. The number of nitrogens with one attached hydrogen (secondary N) is 2. The molecule has 2 aromatic rings. The Bertz CT molecular complexity index is 614. The molecule has 0 aliphatic heterocycles. The highest BCUT2D eigenvalue weighted by atomic mass is 16.5. The van der Waals surface area contributed by atoms with Gasteiger partial charge in [-0.25, -0.2) is 4.98 Å². The van der Waals surface area contributed by atoms with Gasteiger partial charge in [-0.05, 0) is 31.0 Å². The molecular weight excluding hydrogens is 280 g/mol. The third-order valence-corrected chi connectivity index (χ3v) is 3.06. The minimum Gasteiger partial charge on any atom is -0.497 e. The molecule has 0 saturated heterocycles. The van der Waals surface area contributed by atoms with Crippen LogP contribution < -0.4 is 15.4 Å². The fraction of sp³-hybridized carbons (Fsp3) is 0.312. The van der Waals surface area contributed by atoms with Crippen LogP contribution in [0.5, 0.6) is 5.75 Å². The third kappa shape index (κ3) is 4.73. The molecule has 2 N–H and O–H groups in total. The molecule has 116 valence electrons. The van der Waals surface area contributed by atoms with Crippen molar-refractivity contribution < 1.29 is 9.53 Å². The Hall–Kier alpha value is -2.63. The average Bonchev–Trinajstić information content (AvgIpc) is 2.56. The van der Waals surface area contributed by atoms with Crippen LogP contribution in [0.2, 0.25) is 0 Å². The zero-order chi connectivity index (χ0) is 15.8. The summed E-state index contributed by atoms with van der Waals surface area (Å²) in [6.45, 7) is 3.30. The van der Waals surface area contributed by atoms with Crippen molar-refractivity contribution in [1.82, 2.24) is 15.3 Å². The van der Waals surface area contributed by atoms with E-state index in [-0.39, 0.29) is 5.91 Å². The van der Waals surface area contributed by atoms with Gasteiger partial charge in [0.15, 0.2) is 0 Å². The molecule has 0 aromatic carbocycles. The first-order valence-electron chi connectivity index (χ1n) is 7.14. The average molecular weight is 300 g/mol. The Morgan fingerprint density at radius 3 is 2.82 bits per heavy atom. The Morgan fingerprint density at radius 1 is 1.23 bits per heavy atom. The predicted octanol–water partition coefficient (Wildman–Crippen LogP) is 2.03. The van der Waals surface area contributed by atoms with Gasteiger partial charge in [0.25, 0.3) is 5.91 Å². The molecule has 2 aromatic heterocycles. The largest absolute Gasteiger partial charge is 0.497 e. The standard InChI is InChI=1S/C16H20N4O2/c1-12-4-5-15(20-11-12)18-7-3-8-19-16(21)14-10-13(22-2)6-9-17-14/h4-6,9-11H,3,7-8H2,1-2H3,(H,18,20)(H,19,21). The smallest absolute Gasteiger partial charge is 0.270 e. The van der Waals surface area contributed by atoms with Crippen LogP contribution in [0.4, 0.5) is 5.82 Å². The van der Waals surface area contributed by atoms with Crippen LogP contribution >= 0.6 is 0 Å². The molecular formula is C16H20N4O2. The van der Waals surface area contributed by atoms with E-state index in [4.69, 9.17) is 4.74 Å². The first-order valence-corrected chi connectivity index (χ1v) is 7.14. The number of anilines is 1. The fourth-order valence-electron chi connectivity index (χ4n) is 1.83. The molecule has 1 amide bonds. The van der Waals surface area contributed by atoms with E-state index >= 15 is 0 Å². The summed E-state index contributed by atoms with van der Waals surface area (Å²) in [5.41, 5.74) is 1.48. The normalized spacial score (nSPS) is 10.1. The Labute approximate surface area is 129 Å². The van der Waals surface area contributed by atoms with Gasteiger partial charge in [0.05, 0.1) is 7.11 Å². The molecule has 22 heavy (non-hydrogen) atoms. The Balaban J connectivity index is 1.69. The minimum absolute atomic E-state index is 0.202. The molecule has 6 nitrogen and oxygen atoms in total. The van der Waals surface area contributed by atoms with E-state index in [2.05, 4.69) is 20.6 Å². The maximum Gasteiger partial charge on any atom is 0.270 e. The van der Waals surface area contributed by atoms with Crippen LogP contribution in [0.3, 0.4) is 0 Å². The summed E-state index contributed by atoms with van der Waals surface area (Å²) >= 11 is 0. The summed E-state index contributed by atoms with van der Waals surface area (Å²) < 4.78 is 5.07. The van der Waals surface area contributed by atoms with E-state index in [1.165, 1.54) is 0 Å². The second-order valence-electron chi connectivity index (χ2n) is 4.84. The van der Waals surface area contributed by atoms with Crippen molar-refractivity contribution >= 4 is 11.7 Å². The molecule has 0 spiro atoms. The van der Waals surface area contributed by atoms with Gasteiger partial charge in [-0.1, -0.05) is 6.07 Å². The Morgan fingerprint density at radius 2 is 2.09 bits per heavy atom. The molecule has 0 aliphatic carbocycles. The van der Waals surface area contributed by atoms with E-state index in [0.29, 0.717) is 18.0 Å². The number of methoxy groups -OCH3 is 1. The van der Waals surface area contributed by atoms with Crippen LogP contribution in [-0.2, 0) is 0 Å². The lowest BCUT2D eigenvalue weighted by Gasteiger charge is -2.07. The number of rotatable bonds is 7. The van der Waals surface area contributed by atoms with E-state index in [9.17, 15) is 4.79 Å². The summed E-state index contributed by atoms with van der Waals surface area (Å²) in [5.74, 6) is 1.26. The number of nitrogens with zero attached hydrogens (tertiary/aromatic N) is 2. The van der Waals surface area contributed by atoms with Crippen molar-refractivity contribution in [2.45, 2.75) is 13.3 Å². The van der Waals surface area contributed by atoms with Crippen LogP contribution in [-0.4, -0.2) is 36.1 Å². The summed E-state index contributed by atoms with van der Waals surface area (Å²) in [5, 5.41) is 6.03. The second-order valence-corrected chi connectivity index (χ2v) is 4.84. The van der Waals surface area contributed by atoms with Crippen LogP contribution in [0.15, 0.2) is 36.7 Å².